The summed E-state index contributed by atoms with van der Waals surface area (Å²) >= 11 is 9.10. The summed E-state index contributed by atoms with van der Waals surface area (Å²) in [5, 5.41) is 0. The molecule has 0 spiro atoms. The second kappa shape index (κ2) is 6.92. The summed E-state index contributed by atoms with van der Waals surface area (Å²) in [6, 6.07) is 5.48. The van der Waals surface area contributed by atoms with E-state index in [9.17, 15) is 4.79 Å². The minimum absolute atomic E-state index is 0.276. The smallest absolute Gasteiger partial charge is 0.338 e. The van der Waals surface area contributed by atoms with E-state index in [0.29, 0.717) is 18.1 Å². The molecule has 0 N–H and O–H groups in total. The number of alkyl halides is 1. The first-order chi connectivity index (χ1) is 7.69. The Morgan fingerprint density at radius 2 is 2.25 bits per heavy atom. The fourth-order valence-electron chi connectivity index (χ4n) is 1.36. The molecular weight excluding hydrogens is 291 g/mol. The van der Waals surface area contributed by atoms with Crippen LogP contribution in [0.3, 0.4) is 0 Å². The molecule has 0 aliphatic rings. The van der Waals surface area contributed by atoms with Crippen molar-refractivity contribution in [3.63, 3.8) is 0 Å². The molecule has 0 unspecified atom stereocenters. The maximum atomic E-state index is 11.5. The molecule has 16 heavy (non-hydrogen) atoms. The van der Waals surface area contributed by atoms with Crippen molar-refractivity contribution >= 4 is 33.5 Å². The lowest BCUT2D eigenvalue weighted by Gasteiger charge is -2.06. The van der Waals surface area contributed by atoms with Crippen LogP contribution in [0.5, 0.6) is 0 Å². The van der Waals surface area contributed by atoms with Crippen molar-refractivity contribution in [1.82, 2.24) is 0 Å². The van der Waals surface area contributed by atoms with Gasteiger partial charge in [0.15, 0.2) is 0 Å². The van der Waals surface area contributed by atoms with Gasteiger partial charge in [0.1, 0.15) is 0 Å². The van der Waals surface area contributed by atoms with Crippen LogP contribution in [0, 0.1) is 0 Å². The van der Waals surface area contributed by atoms with E-state index in [4.69, 9.17) is 16.3 Å². The number of ether oxygens (including phenoxy) is 1. The van der Waals surface area contributed by atoms with Gasteiger partial charge in [0.05, 0.1) is 12.2 Å². The summed E-state index contributed by atoms with van der Waals surface area (Å²) in [5.41, 5.74) is 1.68. The third-order valence-corrected chi connectivity index (χ3v) is 3.18. The van der Waals surface area contributed by atoms with Gasteiger partial charge >= 0.3 is 5.97 Å². The van der Waals surface area contributed by atoms with Gasteiger partial charge < -0.3 is 4.74 Å². The lowest BCUT2D eigenvalue weighted by molar-refractivity contribution is 0.0526. The predicted octanol–water partition coefficient (Wildman–Crippen LogP) is 3.80. The first-order valence-corrected chi connectivity index (χ1v) is 6.53. The molecule has 2 nitrogen and oxygen atoms in total. The zero-order valence-electron chi connectivity index (χ0n) is 9.13. The lowest BCUT2D eigenvalue weighted by atomic mass is 10.1. The number of esters is 1. The van der Waals surface area contributed by atoms with E-state index in [0.717, 1.165) is 22.9 Å². The van der Waals surface area contributed by atoms with Crippen LogP contribution in [0.15, 0.2) is 22.7 Å². The molecule has 1 aromatic rings. The topological polar surface area (TPSA) is 26.3 Å². The molecule has 0 saturated carbocycles. The number of hydrogen-bond donors (Lipinski definition) is 0. The van der Waals surface area contributed by atoms with Crippen molar-refractivity contribution in [1.29, 1.82) is 0 Å². The quantitative estimate of drug-likeness (QED) is 0.611. The van der Waals surface area contributed by atoms with Gasteiger partial charge in [-0.05, 0) is 43.5 Å². The maximum absolute atomic E-state index is 11.5. The molecule has 1 rings (SSSR count). The van der Waals surface area contributed by atoms with E-state index in [1.807, 2.05) is 12.1 Å². The third kappa shape index (κ3) is 3.80. The summed E-state index contributed by atoms with van der Waals surface area (Å²) in [4.78, 5) is 11.5. The van der Waals surface area contributed by atoms with Gasteiger partial charge in [-0.2, -0.15) is 0 Å². The summed E-state index contributed by atoms with van der Waals surface area (Å²) in [6.07, 6.45) is 1.75. The minimum atomic E-state index is -0.276. The minimum Gasteiger partial charge on any atom is -0.462 e. The molecule has 0 atom stereocenters. The van der Waals surface area contributed by atoms with Gasteiger partial charge in [-0.25, -0.2) is 4.79 Å². The number of carbonyl (C=O) groups is 1. The molecule has 0 heterocycles. The van der Waals surface area contributed by atoms with E-state index in [-0.39, 0.29) is 5.97 Å². The van der Waals surface area contributed by atoms with E-state index >= 15 is 0 Å². The molecule has 88 valence electrons. The Balaban J connectivity index is 2.84. The molecule has 0 radical (unpaired) electrons. The van der Waals surface area contributed by atoms with Crippen LogP contribution in [0.2, 0.25) is 0 Å². The largest absolute Gasteiger partial charge is 0.462 e. The Morgan fingerprint density at radius 3 is 2.88 bits per heavy atom. The van der Waals surface area contributed by atoms with Crippen LogP contribution in [-0.4, -0.2) is 18.5 Å². The second-order valence-electron chi connectivity index (χ2n) is 3.32. The highest BCUT2D eigenvalue weighted by atomic mass is 79.9. The summed E-state index contributed by atoms with van der Waals surface area (Å²) in [5.74, 6) is 0.345. The van der Waals surface area contributed by atoms with Gasteiger partial charge in [-0.15, -0.1) is 11.6 Å². The molecule has 0 aromatic heterocycles. The van der Waals surface area contributed by atoms with Gasteiger partial charge in [0.25, 0.3) is 0 Å². The summed E-state index contributed by atoms with van der Waals surface area (Å²) in [6.45, 7) is 2.19. The van der Waals surface area contributed by atoms with Gasteiger partial charge in [-0.3, -0.25) is 0 Å². The molecule has 4 heteroatoms. The zero-order chi connectivity index (χ0) is 12.0. The highest BCUT2D eigenvalue weighted by molar-refractivity contribution is 9.10. The number of carbonyl (C=O) groups excluding carboxylic acids is 1. The molecule has 0 bridgehead atoms. The van der Waals surface area contributed by atoms with Crippen molar-refractivity contribution < 1.29 is 9.53 Å². The maximum Gasteiger partial charge on any atom is 0.338 e. The Kier molecular flexibility index (Phi) is 5.85. The van der Waals surface area contributed by atoms with Gasteiger partial charge in [0, 0.05) is 10.4 Å². The second-order valence-corrected chi connectivity index (χ2v) is 4.55. The average molecular weight is 306 g/mol. The monoisotopic (exact) mass is 304 g/mol. The number of aryl methyl sites for hydroxylation is 1. The fourth-order valence-corrected chi connectivity index (χ4v) is 1.94. The normalized spacial score (nSPS) is 10.2. The SMILES string of the molecule is CCOC(=O)c1ccc(Br)c(CCCCl)c1. The van der Waals surface area contributed by atoms with Crippen LogP contribution in [0.1, 0.15) is 29.3 Å². The first-order valence-electron chi connectivity index (χ1n) is 5.20. The van der Waals surface area contributed by atoms with E-state index in [1.54, 1.807) is 13.0 Å². The molecule has 0 aliphatic carbocycles. The highest BCUT2D eigenvalue weighted by Crippen LogP contribution is 2.20. The standard InChI is InChI=1S/C12H14BrClO2/c1-2-16-12(15)10-5-6-11(13)9(8-10)4-3-7-14/h5-6,8H,2-4,7H2,1H3. The molecular formula is C12H14BrClO2. The van der Waals surface area contributed by atoms with E-state index in [2.05, 4.69) is 15.9 Å². The number of halogens is 2. The van der Waals surface area contributed by atoms with Crippen LogP contribution >= 0.6 is 27.5 Å². The van der Waals surface area contributed by atoms with Crippen molar-refractivity contribution in [3.8, 4) is 0 Å². The molecule has 0 fully saturated rings. The Bertz CT molecular complexity index is 366. The summed E-state index contributed by atoms with van der Waals surface area (Å²) < 4.78 is 5.95. The van der Waals surface area contributed by atoms with Crippen LogP contribution in [0.25, 0.3) is 0 Å². The first kappa shape index (κ1) is 13.5. The number of hydrogen-bond acceptors (Lipinski definition) is 2. The highest BCUT2D eigenvalue weighted by Gasteiger charge is 2.09. The lowest BCUT2D eigenvalue weighted by Crippen LogP contribution is -2.05. The Hall–Kier alpha value is -0.540. The van der Waals surface area contributed by atoms with Crippen molar-refractivity contribution in [2.75, 3.05) is 12.5 Å². The number of benzene rings is 1. The van der Waals surface area contributed by atoms with Crippen LogP contribution in [0.4, 0.5) is 0 Å². The average Bonchev–Trinajstić information content (AvgIpc) is 2.28. The van der Waals surface area contributed by atoms with E-state index < -0.39 is 0 Å². The predicted molar refractivity (Wildman–Crippen MR) is 69.1 cm³/mol. The summed E-state index contributed by atoms with van der Waals surface area (Å²) in [7, 11) is 0. The van der Waals surface area contributed by atoms with Crippen LogP contribution < -0.4 is 0 Å². The fraction of sp³-hybridized carbons (Fsp3) is 0.417. The van der Waals surface area contributed by atoms with Crippen LogP contribution in [-0.2, 0) is 11.2 Å². The number of rotatable bonds is 5. The van der Waals surface area contributed by atoms with Crippen molar-refractivity contribution in [2.45, 2.75) is 19.8 Å². The molecule has 0 saturated heterocycles. The van der Waals surface area contributed by atoms with E-state index in [1.165, 1.54) is 0 Å². The Morgan fingerprint density at radius 1 is 1.50 bits per heavy atom. The Labute approximate surface area is 109 Å². The van der Waals surface area contributed by atoms with Gasteiger partial charge in [-0.1, -0.05) is 15.9 Å². The van der Waals surface area contributed by atoms with Gasteiger partial charge in [0.2, 0.25) is 0 Å². The van der Waals surface area contributed by atoms with Crippen molar-refractivity contribution in [2.24, 2.45) is 0 Å². The molecule has 0 aliphatic heterocycles. The third-order valence-electron chi connectivity index (χ3n) is 2.14. The molecule has 0 amide bonds. The molecule has 1 aromatic carbocycles. The van der Waals surface area contributed by atoms with Crippen molar-refractivity contribution in [3.05, 3.63) is 33.8 Å². The zero-order valence-corrected chi connectivity index (χ0v) is 11.5.